The lowest BCUT2D eigenvalue weighted by molar-refractivity contribution is 0.0986. The maximum absolute atomic E-state index is 12.0. The summed E-state index contributed by atoms with van der Waals surface area (Å²) in [7, 11) is 0. The van der Waals surface area contributed by atoms with Crippen LogP contribution in [0, 0.1) is 0 Å². The molecule has 2 aromatic rings. The van der Waals surface area contributed by atoms with Crippen LogP contribution in [-0.2, 0) is 0 Å². The summed E-state index contributed by atoms with van der Waals surface area (Å²) in [6.07, 6.45) is 1.74. The van der Waals surface area contributed by atoms with Crippen molar-refractivity contribution in [1.29, 1.82) is 0 Å². The molecule has 2 nitrogen and oxygen atoms in total. The van der Waals surface area contributed by atoms with Crippen molar-refractivity contribution < 1.29 is 4.79 Å². The third-order valence-electron chi connectivity index (χ3n) is 2.25. The van der Waals surface area contributed by atoms with Crippen molar-refractivity contribution in [3.8, 4) is 0 Å². The summed E-state index contributed by atoms with van der Waals surface area (Å²) >= 11 is 11.8. The summed E-state index contributed by atoms with van der Waals surface area (Å²) in [6.45, 7) is 0. The molecule has 0 aliphatic rings. The lowest BCUT2D eigenvalue weighted by atomic mass is 10.1. The van der Waals surface area contributed by atoms with Gasteiger partial charge in [0.2, 0.25) is 0 Å². The van der Waals surface area contributed by atoms with Crippen molar-refractivity contribution in [2.24, 2.45) is 0 Å². The lowest BCUT2D eigenvalue weighted by Crippen LogP contribution is -2.07. The van der Waals surface area contributed by atoms with Gasteiger partial charge in [-0.2, -0.15) is 0 Å². The van der Waals surface area contributed by atoms with Gasteiger partial charge in [0, 0.05) is 22.5 Å². The van der Waals surface area contributed by atoms with Crippen LogP contribution in [0.4, 0.5) is 0 Å². The Morgan fingerprint density at radius 1 is 1.19 bits per heavy atom. The Labute approximate surface area is 103 Å². The highest BCUT2D eigenvalue weighted by Crippen LogP contribution is 2.24. The summed E-state index contributed by atoms with van der Waals surface area (Å²) in [6, 6.07) is 10.3. The van der Waals surface area contributed by atoms with Gasteiger partial charge in [-0.1, -0.05) is 11.6 Å². The van der Waals surface area contributed by atoms with Crippen molar-refractivity contribution >= 4 is 29.0 Å². The van der Waals surface area contributed by atoms with E-state index in [4.69, 9.17) is 23.2 Å². The number of rotatable bonds is 3. The zero-order chi connectivity index (χ0) is 11.5. The number of Topliss-reactive ketones (excluding diaryl/α,β-unsaturated/α-hetero) is 1. The predicted octanol–water partition coefficient (Wildman–Crippen LogP) is 3.83. The van der Waals surface area contributed by atoms with Crippen molar-refractivity contribution in [3.63, 3.8) is 0 Å². The summed E-state index contributed by atoms with van der Waals surface area (Å²) in [4.78, 5) is 14.9. The molecule has 4 heteroatoms. The normalized spacial score (nSPS) is 12.4. The molecule has 1 N–H and O–H groups in total. The molecule has 1 heterocycles. The van der Waals surface area contributed by atoms with Crippen LogP contribution in [0.25, 0.3) is 0 Å². The number of carbonyl (C=O) groups excluding carboxylic acids is 1. The van der Waals surface area contributed by atoms with Gasteiger partial charge in [-0.25, -0.2) is 0 Å². The maximum Gasteiger partial charge on any atom is 0.186 e. The van der Waals surface area contributed by atoms with Gasteiger partial charge >= 0.3 is 0 Å². The average Bonchev–Trinajstić information content (AvgIpc) is 2.81. The third kappa shape index (κ3) is 2.29. The molecule has 2 rings (SSSR count). The van der Waals surface area contributed by atoms with Crippen molar-refractivity contribution in [3.05, 3.63) is 58.9 Å². The van der Waals surface area contributed by atoms with Gasteiger partial charge in [0.25, 0.3) is 0 Å². The molecule has 1 aromatic carbocycles. The number of ketones is 1. The van der Waals surface area contributed by atoms with Crippen LogP contribution in [0.15, 0.2) is 42.6 Å². The minimum Gasteiger partial charge on any atom is -0.363 e. The summed E-state index contributed by atoms with van der Waals surface area (Å²) in [5.74, 6) is -0.138. The Hall–Kier alpha value is -1.25. The molecule has 1 aromatic heterocycles. The second-order valence-corrected chi connectivity index (χ2v) is 4.23. The number of hydrogen-bond acceptors (Lipinski definition) is 1. The van der Waals surface area contributed by atoms with E-state index in [0.717, 1.165) is 0 Å². The molecule has 0 fully saturated rings. The number of nitrogens with one attached hydrogen (secondary N) is 1. The molecule has 0 amide bonds. The molecule has 0 bridgehead atoms. The minimum atomic E-state index is -0.684. The first-order valence-electron chi connectivity index (χ1n) is 4.75. The first-order valence-corrected chi connectivity index (χ1v) is 5.57. The Balaban J connectivity index is 2.22. The number of halogens is 2. The maximum atomic E-state index is 12.0. The molecule has 0 radical (unpaired) electrons. The van der Waals surface area contributed by atoms with E-state index in [1.54, 1.807) is 42.6 Å². The van der Waals surface area contributed by atoms with Gasteiger partial charge in [0.1, 0.15) is 5.38 Å². The highest BCUT2D eigenvalue weighted by Gasteiger charge is 2.19. The van der Waals surface area contributed by atoms with Crippen LogP contribution in [0.2, 0.25) is 5.02 Å². The molecule has 1 unspecified atom stereocenters. The van der Waals surface area contributed by atoms with Crippen LogP contribution < -0.4 is 0 Å². The predicted molar refractivity (Wildman–Crippen MR) is 65.2 cm³/mol. The first kappa shape index (κ1) is 11.2. The van der Waals surface area contributed by atoms with E-state index in [-0.39, 0.29) is 5.78 Å². The van der Waals surface area contributed by atoms with Gasteiger partial charge in [0.05, 0.1) is 0 Å². The van der Waals surface area contributed by atoms with E-state index in [2.05, 4.69) is 4.98 Å². The number of aromatic amines is 1. The fraction of sp³-hybridized carbons (Fsp3) is 0.0833. The van der Waals surface area contributed by atoms with Gasteiger partial charge in [0.15, 0.2) is 5.78 Å². The fourth-order valence-electron chi connectivity index (χ4n) is 1.40. The molecule has 1 atom stereocenters. The molecule has 0 spiro atoms. The highest BCUT2D eigenvalue weighted by molar-refractivity contribution is 6.34. The third-order valence-corrected chi connectivity index (χ3v) is 2.94. The van der Waals surface area contributed by atoms with Crippen LogP contribution in [0.1, 0.15) is 21.4 Å². The quantitative estimate of drug-likeness (QED) is 0.655. The van der Waals surface area contributed by atoms with E-state index >= 15 is 0 Å². The van der Waals surface area contributed by atoms with Gasteiger partial charge in [-0.3, -0.25) is 4.79 Å². The zero-order valence-corrected chi connectivity index (χ0v) is 9.79. The highest BCUT2D eigenvalue weighted by atomic mass is 35.5. The second-order valence-electron chi connectivity index (χ2n) is 3.36. The van der Waals surface area contributed by atoms with E-state index in [0.29, 0.717) is 16.3 Å². The van der Waals surface area contributed by atoms with Gasteiger partial charge in [-0.15, -0.1) is 11.6 Å². The van der Waals surface area contributed by atoms with Crippen molar-refractivity contribution in [1.82, 2.24) is 4.98 Å². The number of hydrogen-bond donors (Lipinski definition) is 1. The second kappa shape index (κ2) is 4.73. The number of aromatic nitrogens is 1. The Kier molecular flexibility index (Phi) is 3.32. The minimum absolute atomic E-state index is 0.138. The molecule has 16 heavy (non-hydrogen) atoms. The largest absolute Gasteiger partial charge is 0.363 e. The smallest absolute Gasteiger partial charge is 0.186 e. The van der Waals surface area contributed by atoms with Gasteiger partial charge in [-0.05, 0) is 36.4 Å². The van der Waals surface area contributed by atoms with Crippen LogP contribution in [-0.4, -0.2) is 10.8 Å². The first-order chi connectivity index (χ1) is 7.68. The SMILES string of the molecule is O=C(c1ccc(Cl)cc1)C(Cl)c1ccc[nH]1. The van der Waals surface area contributed by atoms with Crippen molar-refractivity contribution in [2.45, 2.75) is 5.38 Å². The molecule has 0 aliphatic carbocycles. The van der Waals surface area contributed by atoms with E-state index in [9.17, 15) is 4.79 Å². The standard InChI is InChI=1S/C12H9Cl2NO/c13-9-5-3-8(4-6-9)12(16)11(14)10-2-1-7-15-10/h1-7,11,15H. The fourth-order valence-corrected chi connectivity index (χ4v) is 1.79. The molecule has 0 aliphatic heterocycles. The topological polar surface area (TPSA) is 32.9 Å². The molecule has 0 saturated heterocycles. The Morgan fingerprint density at radius 3 is 2.44 bits per heavy atom. The Morgan fingerprint density at radius 2 is 1.88 bits per heavy atom. The number of alkyl halides is 1. The van der Waals surface area contributed by atoms with E-state index < -0.39 is 5.38 Å². The van der Waals surface area contributed by atoms with E-state index in [1.807, 2.05) is 0 Å². The lowest BCUT2D eigenvalue weighted by Gasteiger charge is -2.06. The zero-order valence-electron chi connectivity index (χ0n) is 8.28. The van der Waals surface area contributed by atoms with Crippen LogP contribution >= 0.6 is 23.2 Å². The molecule has 82 valence electrons. The summed E-state index contributed by atoms with van der Waals surface area (Å²) in [5, 5.41) is -0.0845. The summed E-state index contributed by atoms with van der Waals surface area (Å²) in [5.41, 5.74) is 1.25. The van der Waals surface area contributed by atoms with Crippen LogP contribution in [0.3, 0.4) is 0 Å². The molecular formula is C12H9Cl2NO. The number of carbonyl (C=O) groups is 1. The summed E-state index contributed by atoms with van der Waals surface area (Å²) < 4.78 is 0. The van der Waals surface area contributed by atoms with Crippen molar-refractivity contribution in [2.75, 3.05) is 0 Å². The Bertz CT molecular complexity index is 476. The van der Waals surface area contributed by atoms with E-state index in [1.165, 1.54) is 0 Å². The molecule has 0 saturated carbocycles. The number of benzene rings is 1. The molecular weight excluding hydrogens is 245 g/mol. The average molecular weight is 254 g/mol. The number of H-pyrrole nitrogens is 1. The monoisotopic (exact) mass is 253 g/mol. The van der Waals surface area contributed by atoms with Crippen LogP contribution in [0.5, 0.6) is 0 Å². The van der Waals surface area contributed by atoms with Gasteiger partial charge < -0.3 is 4.98 Å².